The molecule has 0 atom stereocenters. The maximum Gasteiger partial charge on any atom is 0.301 e. The summed E-state index contributed by atoms with van der Waals surface area (Å²) in [6.45, 7) is 0. The van der Waals surface area contributed by atoms with Crippen LogP contribution in [0.4, 0.5) is 17.1 Å². The fourth-order valence-electron chi connectivity index (χ4n) is 2.63. The van der Waals surface area contributed by atoms with Crippen molar-refractivity contribution in [3.8, 4) is 0 Å². The topological polar surface area (TPSA) is 111 Å². The fourth-order valence-corrected chi connectivity index (χ4v) is 2.63. The van der Waals surface area contributed by atoms with E-state index in [4.69, 9.17) is 0 Å². The lowest BCUT2D eigenvalue weighted by molar-refractivity contribution is -0.393. The lowest BCUT2D eigenvalue weighted by atomic mass is 10.0. The first-order valence-corrected chi connectivity index (χ1v) is 7.57. The molecule has 126 valence electrons. The van der Waals surface area contributed by atoms with Gasteiger partial charge in [0.25, 0.3) is 5.69 Å². The van der Waals surface area contributed by atoms with Crippen molar-refractivity contribution >= 4 is 28.3 Å². The van der Waals surface area contributed by atoms with Crippen molar-refractivity contribution in [2.75, 3.05) is 5.43 Å². The van der Waals surface area contributed by atoms with Crippen LogP contribution in [0.1, 0.15) is 18.4 Å². The molecule has 0 amide bonds. The molecule has 0 spiro atoms. The second-order valence-electron chi connectivity index (χ2n) is 5.41. The second kappa shape index (κ2) is 6.91. The minimum absolute atomic E-state index is 0.113. The van der Waals surface area contributed by atoms with Crippen molar-refractivity contribution in [1.82, 2.24) is 0 Å². The Labute approximate surface area is 142 Å². The van der Waals surface area contributed by atoms with E-state index < -0.39 is 9.85 Å². The predicted octanol–water partition coefficient (Wildman–Crippen LogP) is 4.15. The van der Waals surface area contributed by atoms with Crippen LogP contribution in [0, 0.1) is 20.2 Å². The molecule has 0 saturated carbocycles. The van der Waals surface area contributed by atoms with Gasteiger partial charge in [-0.15, -0.1) is 0 Å². The summed E-state index contributed by atoms with van der Waals surface area (Å²) in [7, 11) is 0. The van der Waals surface area contributed by atoms with Gasteiger partial charge in [-0.1, -0.05) is 36.4 Å². The molecule has 2 aromatic rings. The zero-order chi connectivity index (χ0) is 17.8. The van der Waals surface area contributed by atoms with Gasteiger partial charge in [0.05, 0.1) is 21.6 Å². The number of nitro benzene ring substituents is 2. The first kappa shape index (κ1) is 16.3. The molecule has 0 bridgehead atoms. The van der Waals surface area contributed by atoms with Crippen LogP contribution in [-0.2, 0) is 0 Å². The van der Waals surface area contributed by atoms with Crippen LogP contribution in [0.15, 0.2) is 59.7 Å². The number of rotatable bonds is 5. The van der Waals surface area contributed by atoms with Crippen LogP contribution in [0.2, 0.25) is 0 Å². The van der Waals surface area contributed by atoms with Crippen molar-refractivity contribution in [1.29, 1.82) is 0 Å². The Morgan fingerprint density at radius 1 is 1.00 bits per heavy atom. The zero-order valence-electron chi connectivity index (χ0n) is 13.1. The molecule has 0 fully saturated rings. The number of nitro groups is 2. The number of anilines is 1. The van der Waals surface area contributed by atoms with E-state index in [1.54, 1.807) is 0 Å². The molecule has 1 N–H and O–H groups in total. The number of hydrogen-bond acceptors (Lipinski definition) is 6. The van der Waals surface area contributed by atoms with Gasteiger partial charge in [0.2, 0.25) is 0 Å². The lowest BCUT2D eigenvalue weighted by Crippen LogP contribution is -2.03. The van der Waals surface area contributed by atoms with Gasteiger partial charge in [-0.25, -0.2) is 0 Å². The van der Waals surface area contributed by atoms with Crippen LogP contribution < -0.4 is 5.43 Å². The minimum atomic E-state index is -0.671. The van der Waals surface area contributed by atoms with Gasteiger partial charge < -0.3 is 0 Å². The van der Waals surface area contributed by atoms with Gasteiger partial charge in [0.15, 0.2) is 0 Å². The molecule has 0 aromatic heterocycles. The van der Waals surface area contributed by atoms with Crippen LogP contribution in [0.25, 0.3) is 5.57 Å². The Balaban J connectivity index is 1.88. The molecular weight excluding hydrogens is 324 g/mol. The van der Waals surface area contributed by atoms with E-state index in [2.05, 4.69) is 16.6 Å². The first-order chi connectivity index (χ1) is 12.1. The molecule has 8 heteroatoms. The third-order valence-corrected chi connectivity index (χ3v) is 3.83. The van der Waals surface area contributed by atoms with Crippen molar-refractivity contribution < 1.29 is 9.85 Å². The highest BCUT2D eigenvalue weighted by atomic mass is 16.6. The molecule has 1 aliphatic carbocycles. The van der Waals surface area contributed by atoms with Crippen LogP contribution in [-0.4, -0.2) is 15.6 Å². The fraction of sp³-hybridized carbons (Fsp3) is 0.118. The minimum Gasteiger partial charge on any atom is -0.271 e. The maximum atomic E-state index is 11.2. The predicted molar refractivity (Wildman–Crippen MR) is 94.5 cm³/mol. The summed E-state index contributed by atoms with van der Waals surface area (Å²) in [5.41, 5.74) is 4.88. The third-order valence-electron chi connectivity index (χ3n) is 3.83. The number of hydrogen-bond donors (Lipinski definition) is 1. The average Bonchev–Trinajstić information content (AvgIpc) is 3.09. The molecular formula is C17H14N4O4. The maximum absolute atomic E-state index is 11.2. The van der Waals surface area contributed by atoms with Crippen molar-refractivity contribution in [2.24, 2.45) is 5.10 Å². The molecule has 0 radical (unpaired) electrons. The molecule has 0 unspecified atom stereocenters. The summed E-state index contributed by atoms with van der Waals surface area (Å²) in [6.07, 6.45) is 3.63. The second-order valence-corrected chi connectivity index (χ2v) is 5.41. The van der Waals surface area contributed by atoms with Crippen LogP contribution >= 0.6 is 0 Å². The van der Waals surface area contributed by atoms with Gasteiger partial charge in [0.1, 0.15) is 5.69 Å². The van der Waals surface area contributed by atoms with E-state index in [0.29, 0.717) is 0 Å². The number of benzene rings is 2. The van der Waals surface area contributed by atoms with Gasteiger partial charge in [-0.05, 0) is 24.5 Å². The van der Waals surface area contributed by atoms with E-state index in [1.807, 2.05) is 30.3 Å². The summed E-state index contributed by atoms with van der Waals surface area (Å²) in [6, 6.07) is 13.2. The standard InChI is InChI=1S/C17H14N4O4/c22-20(23)13-9-10-16(17(11-13)21(24)25)19-18-15-8-4-7-14(15)12-5-2-1-3-6-12/h1-3,5-7,9-11,19H,4,8H2. The van der Waals surface area contributed by atoms with E-state index >= 15 is 0 Å². The Hall–Kier alpha value is -3.55. The zero-order valence-corrected chi connectivity index (χ0v) is 13.1. The molecule has 3 rings (SSSR count). The molecule has 2 aromatic carbocycles. The average molecular weight is 338 g/mol. The van der Waals surface area contributed by atoms with Crippen LogP contribution in [0.5, 0.6) is 0 Å². The number of hydrazone groups is 1. The van der Waals surface area contributed by atoms with Gasteiger partial charge in [-0.3, -0.25) is 25.7 Å². The number of non-ortho nitro benzene ring substituents is 1. The molecule has 1 aliphatic rings. The normalized spacial score (nSPS) is 15.0. The quantitative estimate of drug-likeness (QED) is 0.650. The Morgan fingerprint density at radius 2 is 1.76 bits per heavy atom. The largest absolute Gasteiger partial charge is 0.301 e. The Morgan fingerprint density at radius 3 is 2.44 bits per heavy atom. The number of nitrogens with one attached hydrogen (secondary N) is 1. The highest BCUT2D eigenvalue weighted by molar-refractivity contribution is 6.25. The highest BCUT2D eigenvalue weighted by Gasteiger charge is 2.20. The van der Waals surface area contributed by atoms with Gasteiger partial charge in [-0.2, -0.15) is 5.10 Å². The Kier molecular flexibility index (Phi) is 4.51. The lowest BCUT2D eigenvalue weighted by Gasteiger charge is -2.07. The summed E-state index contributed by atoms with van der Waals surface area (Å²) in [5, 5.41) is 26.2. The third kappa shape index (κ3) is 3.52. The molecule has 0 heterocycles. The van der Waals surface area contributed by atoms with E-state index in [0.717, 1.165) is 35.8 Å². The SMILES string of the molecule is O=[N+]([O-])c1ccc(NN=C2CCC=C2c2ccccc2)c([N+](=O)[O-])c1. The van der Waals surface area contributed by atoms with E-state index in [-0.39, 0.29) is 17.1 Å². The van der Waals surface area contributed by atoms with Crippen LogP contribution in [0.3, 0.4) is 0 Å². The van der Waals surface area contributed by atoms with E-state index in [1.165, 1.54) is 12.1 Å². The molecule has 0 aliphatic heterocycles. The molecule has 8 nitrogen and oxygen atoms in total. The highest BCUT2D eigenvalue weighted by Crippen LogP contribution is 2.30. The monoisotopic (exact) mass is 338 g/mol. The van der Waals surface area contributed by atoms with Crippen molar-refractivity contribution in [3.63, 3.8) is 0 Å². The number of allylic oxidation sites excluding steroid dienone is 2. The van der Waals surface area contributed by atoms with Gasteiger partial charge >= 0.3 is 5.69 Å². The van der Waals surface area contributed by atoms with Crippen molar-refractivity contribution in [3.05, 3.63) is 80.4 Å². The van der Waals surface area contributed by atoms with Gasteiger partial charge in [0, 0.05) is 11.6 Å². The van der Waals surface area contributed by atoms with Crippen molar-refractivity contribution in [2.45, 2.75) is 12.8 Å². The summed E-state index contributed by atoms with van der Waals surface area (Å²) < 4.78 is 0. The Bertz CT molecular complexity index is 891. The summed E-state index contributed by atoms with van der Waals surface area (Å²) in [4.78, 5) is 20.6. The molecule has 25 heavy (non-hydrogen) atoms. The summed E-state index contributed by atoms with van der Waals surface area (Å²) in [5.74, 6) is 0. The number of nitrogens with zero attached hydrogens (tertiary/aromatic N) is 3. The summed E-state index contributed by atoms with van der Waals surface area (Å²) >= 11 is 0. The van der Waals surface area contributed by atoms with E-state index in [9.17, 15) is 20.2 Å². The molecule has 0 saturated heterocycles. The first-order valence-electron chi connectivity index (χ1n) is 7.57. The smallest absolute Gasteiger partial charge is 0.271 e.